The molecule has 26 heavy (non-hydrogen) atoms. The first-order chi connectivity index (χ1) is 12.7. The van der Waals surface area contributed by atoms with Crippen LogP contribution in [0.5, 0.6) is 0 Å². The highest BCUT2D eigenvalue weighted by molar-refractivity contribution is 5.78. The fourth-order valence-corrected chi connectivity index (χ4v) is 3.99. The predicted octanol–water partition coefficient (Wildman–Crippen LogP) is 4.14. The molecule has 2 aliphatic heterocycles. The molecule has 0 aliphatic carbocycles. The lowest BCUT2D eigenvalue weighted by molar-refractivity contribution is -0.0863. The molecule has 2 heterocycles. The maximum Gasteiger partial charge on any atom is 0.150 e. The molecule has 2 aromatic rings. The van der Waals surface area contributed by atoms with Crippen LogP contribution in [-0.2, 0) is 27.4 Å². The van der Waals surface area contributed by atoms with E-state index in [1.165, 1.54) is 11.1 Å². The highest BCUT2D eigenvalue weighted by Gasteiger charge is 2.48. The van der Waals surface area contributed by atoms with Crippen LogP contribution < -0.4 is 0 Å². The van der Waals surface area contributed by atoms with E-state index in [1.54, 1.807) is 0 Å². The summed E-state index contributed by atoms with van der Waals surface area (Å²) >= 11 is 0. The standard InChI is InChI=1S/C22H24O4/c1-3-19-21(24-12-16-8-5-4-7-14(16)2)22-20(26-19)17-10-6-9-15(11-23)18(17)13-25-22/h4-11,19-22H,3,12-13H2,1-2H3/t19-,20-,21+,22+/m1/s1. The van der Waals surface area contributed by atoms with Gasteiger partial charge < -0.3 is 14.2 Å². The Morgan fingerprint density at radius 1 is 1.19 bits per heavy atom. The van der Waals surface area contributed by atoms with Crippen molar-refractivity contribution in [1.82, 2.24) is 0 Å². The van der Waals surface area contributed by atoms with E-state index < -0.39 is 0 Å². The van der Waals surface area contributed by atoms with Gasteiger partial charge in [-0.15, -0.1) is 0 Å². The summed E-state index contributed by atoms with van der Waals surface area (Å²) < 4.78 is 18.7. The van der Waals surface area contributed by atoms with Crippen molar-refractivity contribution in [2.75, 3.05) is 0 Å². The molecular weight excluding hydrogens is 328 g/mol. The molecule has 2 aliphatic rings. The summed E-state index contributed by atoms with van der Waals surface area (Å²) in [6.07, 6.45) is 1.31. The second-order valence-electron chi connectivity index (χ2n) is 7.01. The fraction of sp³-hybridized carbons (Fsp3) is 0.409. The summed E-state index contributed by atoms with van der Waals surface area (Å²) in [7, 11) is 0. The van der Waals surface area contributed by atoms with Gasteiger partial charge in [0.25, 0.3) is 0 Å². The van der Waals surface area contributed by atoms with Crippen molar-refractivity contribution in [3.05, 3.63) is 70.3 Å². The van der Waals surface area contributed by atoms with E-state index >= 15 is 0 Å². The number of carbonyl (C=O) groups is 1. The third kappa shape index (κ3) is 2.98. The predicted molar refractivity (Wildman–Crippen MR) is 98.1 cm³/mol. The summed E-state index contributed by atoms with van der Waals surface area (Å²) in [6.45, 7) is 5.17. The Bertz CT molecular complexity index is 800. The molecule has 4 rings (SSSR count). The average molecular weight is 352 g/mol. The Morgan fingerprint density at radius 2 is 2.04 bits per heavy atom. The normalized spacial score (nSPS) is 27.0. The summed E-state index contributed by atoms with van der Waals surface area (Å²) in [5.74, 6) is 0. The maximum atomic E-state index is 11.3. The van der Waals surface area contributed by atoms with Crippen molar-refractivity contribution in [3.63, 3.8) is 0 Å². The van der Waals surface area contributed by atoms with E-state index in [1.807, 2.05) is 30.3 Å². The Balaban J connectivity index is 1.57. The largest absolute Gasteiger partial charge is 0.368 e. The van der Waals surface area contributed by atoms with E-state index in [-0.39, 0.29) is 24.4 Å². The minimum atomic E-state index is -0.175. The summed E-state index contributed by atoms with van der Waals surface area (Å²) in [4.78, 5) is 11.3. The third-order valence-electron chi connectivity index (χ3n) is 5.51. The smallest absolute Gasteiger partial charge is 0.150 e. The quantitative estimate of drug-likeness (QED) is 0.759. The van der Waals surface area contributed by atoms with Gasteiger partial charge >= 0.3 is 0 Å². The number of aldehydes is 1. The molecule has 4 atom stereocenters. The first kappa shape index (κ1) is 17.4. The van der Waals surface area contributed by atoms with Crippen molar-refractivity contribution >= 4 is 6.29 Å². The van der Waals surface area contributed by atoms with Crippen LogP contribution in [0.4, 0.5) is 0 Å². The topological polar surface area (TPSA) is 44.8 Å². The van der Waals surface area contributed by atoms with Crippen molar-refractivity contribution in [1.29, 1.82) is 0 Å². The van der Waals surface area contributed by atoms with Crippen LogP contribution in [0.3, 0.4) is 0 Å². The van der Waals surface area contributed by atoms with Crippen LogP contribution in [0.2, 0.25) is 0 Å². The third-order valence-corrected chi connectivity index (χ3v) is 5.51. The van der Waals surface area contributed by atoms with Crippen molar-refractivity contribution in [2.45, 2.75) is 57.9 Å². The van der Waals surface area contributed by atoms with Crippen LogP contribution in [0.25, 0.3) is 0 Å². The monoisotopic (exact) mass is 352 g/mol. The van der Waals surface area contributed by atoms with Gasteiger partial charge in [-0.05, 0) is 35.6 Å². The van der Waals surface area contributed by atoms with E-state index in [9.17, 15) is 4.79 Å². The number of ether oxygens (including phenoxy) is 3. The number of hydrogen-bond acceptors (Lipinski definition) is 4. The Labute approximate surface area is 154 Å². The molecule has 136 valence electrons. The molecule has 1 fully saturated rings. The molecule has 1 saturated heterocycles. The highest BCUT2D eigenvalue weighted by atomic mass is 16.6. The van der Waals surface area contributed by atoms with E-state index in [0.717, 1.165) is 23.8 Å². The number of hydrogen-bond donors (Lipinski definition) is 0. The molecule has 0 spiro atoms. The molecule has 0 N–H and O–H groups in total. The minimum absolute atomic E-state index is 0.0140. The molecule has 0 bridgehead atoms. The van der Waals surface area contributed by atoms with Crippen LogP contribution in [-0.4, -0.2) is 24.6 Å². The van der Waals surface area contributed by atoms with Gasteiger partial charge in [-0.2, -0.15) is 0 Å². The fourth-order valence-electron chi connectivity index (χ4n) is 3.99. The van der Waals surface area contributed by atoms with Gasteiger partial charge in [0, 0.05) is 5.56 Å². The van der Waals surface area contributed by atoms with Gasteiger partial charge in [0.1, 0.15) is 24.6 Å². The molecule has 0 aromatic heterocycles. The van der Waals surface area contributed by atoms with Gasteiger partial charge in [0.2, 0.25) is 0 Å². The number of fused-ring (bicyclic) bond motifs is 3. The van der Waals surface area contributed by atoms with E-state index in [0.29, 0.717) is 18.8 Å². The lowest BCUT2D eigenvalue weighted by atomic mass is 9.91. The number of benzene rings is 2. The van der Waals surface area contributed by atoms with Gasteiger partial charge in [-0.3, -0.25) is 4.79 Å². The number of aryl methyl sites for hydroxylation is 1. The first-order valence-electron chi connectivity index (χ1n) is 9.23. The van der Waals surface area contributed by atoms with Crippen molar-refractivity contribution in [3.8, 4) is 0 Å². The van der Waals surface area contributed by atoms with Crippen molar-refractivity contribution in [2.24, 2.45) is 0 Å². The molecule has 0 radical (unpaired) electrons. The van der Waals surface area contributed by atoms with E-state index in [2.05, 4.69) is 26.0 Å². The second kappa shape index (κ2) is 7.31. The van der Waals surface area contributed by atoms with E-state index in [4.69, 9.17) is 14.2 Å². The zero-order valence-electron chi connectivity index (χ0n) is 15.2. The number of rotatable bonds is 5. The minimum Gasteiger partial charge on any atom is -0.368 e. The maximum absolute atomic E-state index is 11.3. The average Bonchev–Trinajstić information content (AvgIpc) is 3.05. The zero-order valence-corrected chi connectivity index (χ0v) is 15.2. The summed E-state index contributed by atoms with van der Waals surface area (Å²) in [5.41, 5.74) is 5.10. The van der Waals surface area contributed by atoms with Crippen LogP contribution in [0.1, 0.15) is 52.1 Å². The molecule has 4 heteroatoms. The SMILES string of the molecule is CC[C@H]1O[C@@H]2c3cccc(C=O)c3CO[C@@H]2[C@H]1OCc1ccccc1C. The molecular formula is C22H24O4. The second-order valence-corrected chi connectivity index (χ2v) is 7.01. The molecule has 0 unspecified atom stereocenters. The highest BCUT2D eigenvalue weighted by Crippen LogP contribution is 2.43. The Kier molecular flexibility index (Phi) is 4.90. The van der Waals surface area contributed by atoms with Gasteiger partial charge in [-0.1, -0.05) is 49.4 Å². The lowest BCUT2D eigenvalue weighted by Crippen LogP contribution is -2.37. The Hall–Kier alpha value is -2.01. The summed E-state index contributed by atoms with van der Waals surface area (Å²) in [6, 6.07) is 14.0. The van der Waals surface area contributed by atoms with Gasteiger partial charge in [0.05, 0.1) is 19.3 Å². The van der Waals surface area contributed by atoms with Crippen molar-refractivity contribution < 1.29 is 19.0 Å². The Morgan fingerprint density at radius 3 is 2.81 bits per heavy atom. The van der Waals surface area contributed by atoms with Crippen LogP contribution in [0.15, 0.2) is 42.5 Å². The first-order valence-corrected chi connectivity index (χ1v) is 9.23. The lowest BCUT2D eigenvalue weighted by Gasteiger charge is -2.30. The van der Waals surface area contributed by atoms with Crippen LogP contribution >= 0.6 is 0 Å². The number of carbonyl (C=O) groups excluding carboxylic acids is 1. The van der Waals surface area contributed by atoms with Gasteiger partial charge in [-0.25, -0.2) is 0 Å². The molecule has 4 nitrogen and oxygen atoms in total. The molecule has 0 amide bonds. The molecule has 0 saturated carbocycles. The van der Waals surface area contributed by atoms with Gasteiger partial charge in [0.15, 0.2) is 0 Å². The van der Waals surface area contributed by atoms with Crippen LogP contribution in [0, 0.1) is 6.92 Å². The molecule has 2 aromatic carbocycles. The summed E-state index contributed by atoms with van der Waals surface area (Å²) in [5, 5.41) is 0. The zero-order chi connectivity index (χ0) is 18.1.